The highest BCUT2D eigenvalue weighted by molar-refractivity contribution is 5.78. The lowest BCUT2D eigenvalue weighted by Crippen LogP contribution is -1.95. The molecule has 0 fully saturated rings. The van der Waals surface area contributed by atoms with Gasteiger partial charge in [0.15, 0.2) is 0 Å². The van der Waals surface area contributed by atoms with E-state index < -0.39 is 0 Å². The van der Waals surface area contributed by atoms with E-state index in [0.717, 1.165) is 11.3 Å². The standard InChI is InChI=1S/C14H16N2/c1-9-4-5-10(2)13(8-9)14-12(11(3)15)6-7-16-14/h4-8,16H,3,15H2,1-2H3. The lowest BCUT2D eigenvalue weighted by molar-refractivity contribution is 1.33. The zero-order valence-electron chi connectivity index (χ0n) is 9.67. The Morgan fingerprint density at radius 2 is 2.00 bits per heavy atom. The number of rotatable bonds is 2. The van der Waals surface area contributed by atoms with Crippen molar-refractivity contribution in [1.29, 1.82) is 0 Å². The Morgan fingerprint density at radius 3 is 2.69 bits per heavy atom. The highest BCUT2D eigenvalue weighted by Crippen LogP contribution is 2.28. The Morgan fingerprint density at radius 1 is 1.25 bits per heavy atom. The predicted molar refractivity (Wildman–Crippen MR) is 68.9 cm³/mol. The van der Waals surface area contributed by atoms with E-state index >= 15 is 0 Å². The Balaban J connectivity index is 2.62. The van der Waals surface area contributed by atoms with Gasteiger partial charge in [0, 0.05) is 23.0 Å². The fourth-order valence-corrected chi connectivity index (χ4v) is 1.87. The maximum absolute atomic E-state index is 5.77. The molecule has 0 amide bonds. The molecule has 1 heterocycles. The third-order valence-electron chi connectivity index (χ3n) is 2.76. The largest absolute Gasteiger partial charge is 0.399 e. The Hall–Kier alpha value is -1.96. The molecule has 0 spiro atoms. The molecule has 0 bridgehead atoms. The van der Waals surface area contributed by atoms with Crippen LogP contribution in [-0.2, 0) is 0 Å². The van der Waals surface area contributed by atoms with Crippen molar-refractivity contribution in [1.82, 2.24) is 4.98 Å². The number of H-pyrrole nitrogens is 1. The molecule has 2 aromatic rings. The minimum Gasteiger partial charge on any atom is -0.399 e. The summed E-state index contributed by atoms with van der Waals surface area (Å²) in [4.78, 5) is 3.23. The summed E-state index contributed by atoms with van der Waals surface area (Å²) in [5, 5.41) is 0. The van der Waals surface area contributed by atoms with Crippen LogP contribution in [0.3, 0.4) is 0 Å². The summed E-state index contributed by atoms with van der Waals surface area (Å²) in [6, 6.07) is 8.35. The molecule has 0 aliphatic rings. The van der Waals surface area contributed by atoms with Gasteiger partial charge in [-0.15, -0.1) is 0 Å². The number of benzene rings is 1. The van der Waals surface area contributed by atoms with Crippen LogP contribution in [0.15, 0.2) is 37.0 Å². The van der Waals surface area contributed by atoms with Crippen molar-refractivity contribution < 1.29 is 0 Å². The van der Waals surface area contributed by atoms with Gasteiger partial charge in [0.2, 0.25) is 0 Å². The molecule has 2 heteroatoms. The summed E-state index contributed by atoms with van der Waals surface area (Å²) in [5.41, 5.74) is 12.1. The average molecular weight is 212 g/mol. The van der Waals surface area contributed by atoms with Crippen LogP contribution < -0.4 is 5.73 Å². The first-order chi connectivity index (χ1) is 7.59. The number of aryl methyl sites for hydroxylation is 2. The fourth-order valence-electron chi connectivity index (χ4n) is 1.87. The van der Waals surface area contributed by atoms with Crippen molar-refractivity contribution in [3.8, 4) is 11.3 Å². The van der Waals surface area contributed by atoms with Crippen LogP contribution in [0.5, 0.6) is 0 Å². The highest BCUT2D eigenvalue weighted by Gasteiger charge is 2.09. The van der Waals surface area contributed by atoms with E-state index in [0.29, 0.717) is 5.70 Å². The smallest absolute Gasteiger partial charge is 0.0550 e. The number of hydrogen-bond donors (Lipinski definition) is 2. The lowest BCUT2D eigenvalue weighted by atomic mass is 10.00. The van der Waals surface area contributed by atoms with Crippen molar-refractivity contribution in [3.63, 3.8) is 0 Å². The van der Waals surface area contributed by atoms with Gasteiger partial charge in [-0.1, -0.05) is 24.3 Å². The van der Waals surface area contributed by atoms with E-state index in [-0.39, 0.29) is 0 Å². The molecule has 0 aliphatic heterocycles. The Bertz CT molecular complexity index is 535. The van der Waals surface area contributed by atoms with Crippen LogP contribution in [0.1, 0.15) is 16.7 Å². The lowest BCUT2D eigenvalue weighted by Gasteiger charge is -2.08. The second-order valence-corrected chi connectivity index (χ2v) is 4.11. The zero-order valence-corrected chi connectivity index (χ0v) is 9.67. The molecule has 0 saturated heterocycles. The molecule has 0 aliphatic carbocycles. The molecule has 1 aromatic carbocycles. The van der Waals surface area contributed by atoms with Crippen LogP contribution >= 0.6 is 0 Å². The molecule has 1 aromatic heterocycles. The van der Waals surface area contributed by atoms with E-state index in [1.165, 1.54) is 16.7 Å². The highest BCUT2D eigenvalue weighted by atomic mass is 14.7. The van der Waals surface area contributed by atoms with Gasteiger partial charge >= 0.3 is 0 Å². The first-order valence-corrected chi connectivity index (χ1v) is 5.29. The van der Waals surface area contributed by atoms with Crippen LogP contribution in [0.4, 0.5) is 0 Å². The minimum absolute atomic E-state index is 0.595. The molecule has 2 nitrogen and oxygen atoms in total. The molecule has 82 valence electrons. The Kier molecular flexibility index (Phi) is 2.57. The van der Waals surface area contributed by atoms with E-state index in [2.05, 4.69) is 43.6 Å². The normalized spacial score (nSPS) is 10.4. The third-order valence-corrected chi connectivity index (χ3v) is 2.76. The van der Waals surface area contributed by atoms with Crippen molar-refractivity contribution in [2.45, 2.75) is 13.8 Å². The number of aromatic amines is 1. The summed E-state index contributed by atoms with van der Waals surface area (Å²) < 4.78 is 0. The molecule has 2 rings (SSSR count). The van der Waals surface area contributed by atoms with E-state index in [9.17, 15) is 0 Å². The zero-order chi connectivity index (χ0) is 11.7. The molecule has 0 unspecified atom stereocenters. The molecule has 16 heavy (non-hydrogen) atoms. The van der Waals surface area contributed by atoms with E-state index in [4.69, 9.17) is 5.73 Å². The van der Waals surface area contributed by atoms with Crippen LogP contribution in [-0.4, -0.2) is 4.98 Å². The SMILES string of the molecule is C=C(N)c1cc[nH]c1-c1cc(C)ccc1C. The first-order valence-electron chi connectivity index (χ1n) is 5.29. The minimum atomic E-state index is 0.595. The van der Waals surface area contributed by atoms with Gasteiger partial charge in [-0.2, -0.15) is 0 Å². The van der Waals surface area contributed by atoms with Crippen LogP contribution in [0.25, 0.3) is 17.0 Å². The molecular weight excluding hydrogens is 196 g/mol. The average Bonchev–Trinajstić information content (AvgIpc) is 2.70. The van der Waals surface area contributed by atoms with Gasteiger partial charge < -0.3 is 10.7 Å². The molecule has 0 atom stereocenters. The maximum atomic E-state index is 5.77. The van der Waals surface area contributed by atoms with Gasteiger partial charge in [-0.3, -0.25) is 0 Å². The van der Waals surface area contributed by atoms with Crippen molar-refractivity contribution in [2.75, 3.05) is 0 Å². The molecular formula is C14H16N2. The fraction of sp³-hybridized carbons (Fsp3) is 0.143. The number of nitrogens with one attached hydrogen (secondary N) is 1. The molecule has 3 N–H and O–H groups in total. The van der Waals surface area contributed by atoms with Crippen molar-refractivity contribution >= 4 is 5.70 Å². The first kappa shape index (κ1) is 10.6. The van der Waals surface area contributed by atoms with Crippen LogP contribution in [0.2, 0.25) is 0 Å². The maximum Gasteiger partial charge on any atom is 0.0550 e. The summed E-state index contributed by atoms with van der Waals surface area (Å²) in [6.45, 7) is 7.98. The monoisotopic (exact) mass is 212 g/mol. The van der Waals surface area contributed by atoms with E-state index in [1.807, 2.05) is 12.3 Å². The third kappa shape index (κ3) is 1.74. The number of hydrogen-bond acceptors (Lipinski definition) is 1. The summed E-state index contributed by atoms with van der Waals surface area (Å²) in [6.07, 6.45) is 1.89. The van der Waals surface area contributed by atoms with Crippen LogP contribution in [0, 0.1) is 13.8 Å². The molecule has 0 radical (unpaired) electrons. The second-order valence-electron chi connectivity index (χ2n) is 4.11. The summed E-state index contributed by atoms with van der Waals surface area (Å²) in [7, 11) is 0. The van der Waals surface area contributed by atoms with Gasteiger partial charge in [-0.25, -0.2) is 0 Å². The summed E-state index contributed by atoms with van der Waals surface area (Å²) in [5.74, 6) is 0. The van der Waals surface area contributed by atoms with Crippen molar-refractivity contribution in [2.24, 2.45) is 5.73 Å². The van der Waals surface area contributed by atoms with Crippen molar-refractivity contribution in [3.05, 3.63) is 53.7 Å². The number of nitrogens with two attached hydrogens (primary N) is 1. The predicted octanol–water partition coefficient (Wildman–Crippen LogP) is 3.23. The quantitative estimate of drug-likeness (QED) is 0.788. The van der Waals surface area contributed by atoms with Gasteiger partial charge in [0.05, 0.1) is 5.69 Å². The number of aromatic nitrogens is 1. The van der Waals surface area contributed by atoms with Gasteiger partial charge in [0.1, 0.15) is 0 Å². The summed E-state index contributed by atoms with van der Waals surface area (Å²) >= 11 is 0. The van der Waals surface area contributed by atoms with Gasteiger partial charge in [-0.05, 0) is 31.5 Å². The topological polar surface area (TPSA) is 41.8 Å². The van der Waals surface area contributed by atoms with Gasteiger partial charge in [0.25, 0.3) is 0 Å². The Labute approximate surface area is 95.8 Å². The van der Waals surface area contributed by atoms with E-state index in [1.54, 1.807) is 0 Å². The molecule has 0 saturated carbocycles. The second kappa shape index (κ2) is 3.89.